The van der Waals surface area contributed by atoms with Crippen LogP contribution in [0.25, 0.3) is 0 Å². The van der Waals surface area contributed by atoms with Crippen LogP contribution >= 0.6 is 0 Å². The third kappa shape index (κ3) is 4.99. The van der Waals surface area contributed by atoms with Gasteiger partial charge >= 0.3 is 0 Å². The number of hydrogen-bond donors (Lipinski definition) is 1. The van der Waals surface area contributed by atoms with Crippen molar-refractivity contribution >= 4 is 12.2 Å². The molecule has 0 saturated carbocycles. The predicted molar refractivity (Wildman–Crippen MR) is 91.9 cm³/mol. The van der Waals surface area contributed by atoms with E-state index < -0.39 is 0 Å². The Bertz CT molecular complexity index is 640. The minimum Gasteiger partial charge on any atom is -0.483 e. The van der Waals surface area contributed by atoms with Gasteiger partial charge in [0, 0.05) is 68.8 Å². The van der Waals surface area contributed by atoms with Crippen molar-refractivity contribution in [3.8, 4) is 0 Å². The summed E-state index contributed by atoms with van der Waals surface area (Å²) in [5.41, 5.74) is 3.75. The van der Waals surface area contributed by atoms with Crippen molar-refractivity contribution in [3.05, 3.63) is 47.8 Å². The highest BCUT2D eigenvalue weighted by molar-refractivity contribution is 5.51. The first-order valence-electron chi connectivity index (χ1n) is 7.87. The molecule has 0 unspecified atom stereocenters. The average Bonchev–Trinajstić information content (AvgIpc) is 2.59. The molecular formula is C17H23N5O2. The molecule has 0 atom stereocenters. The number of aromatic nitrogens is 3. The molecule has 128 valence electrons. The maximum absolute atomic E-state index is 8.36. The molecular weight excluding hydrogens is 306 g/mol. The molecule has 0 bridgehead atoms. The van der Waals surface area contributed by atoms with Gasteiger partial charge in [0.2, 0.25) is 0 Å². The first kappa shape index (κ1) is 17.8. The van der Waals surface area contributed by atoms with E-state index >= 15 is 0 Å². The molecule has 1 aliphatic heterocycles. The van der Waals surface area contributed by atoms with E-state index in [0.29, 0.717) is 0 Å². The van der Waals surface area contributed by atoms with Crippen LogP contribution in [0.2, 0.25) is 0 Å². The van der Waals surface area contributed by atoms with E-state index in [2.05, 4.69) is 37.7 Å². The zero-order valence-electron chi connectivity index (χ0n) is 14.1. The number of nitrogens with zero attached hydrogens (tertiary/aromatic N) is 5. The van der Waals surface area contributed by atoms with E-state index in [4.69, 9.17) is 9.90 Å². The van der Waals surface area contributed by atoms with Crippen molar-refractivity contribution in [2.24, 2.45) is 0 Å². The van der Waals surface area contributed by atoms with Crippen molar-refractivity contribution < 1.29 is 9.90 Å². The first-order valence-corrected chi connectivity index (χ1v) is 7.87. The van der Waals surface area contributed by atoms with Gasteiger partial charge in [0.25, 0.3) is 6.47 Å². The first-order chi connectivity index (χ1) is 11.6. The number of hydrogen-bond acceptors (Lipinski definition) is 6. The summed E-state index contributed by atoms with van der Waals surface area (Å²) in [6.45, 7) is 8.96. The molecule has 0 aromatic carbocycles. The number of carboxylic acid groups (broad SMARTS) is 1. The minimum atomic E-state index is -0.250. The molecule has 1 N–H and O–H groups in total. The standard InChI is InChI=1S/C16H21N5.CH2O2/c1-13-9-17-4-3-16(13)21-7-5-20(6-8-21)12-15-10-18-14(2)19-11-15;2-1-3/h3-4,9-11H,5-8,12H2,1-2H3;1H,(H,2,3). The summed E-state index contributed by atoms with van der Waals surface area (Å²) < 4.78 is 0. The Kier molecular flexibility index (Phi) is 6.62. The van der Waals surface area contributed by atoms with Crippen molar-refractivity contribution in [2.75, 3.05) is 31.1 Å². The molecule has 1 saturated heterocycles. The molecule has 1 fully saturated rings. The Hall–Kier alpha value is -2.54. The van der Waals surface area contributed by atoms with E-state index in [1.54, 1.807) is 0 Å². The van der Waals surface area contributed by atoms with E-state index in [1.165, 1.54) is 16.8 Å². The molecule has 7 nitrogen and oxygen atoms in total. The quantitative estimate of drug-likeness (QED) is 0.855. The van der Waals surface area contributed by atoms with Gasteiger partial charge in [-0.3, -0.25) is 14.7 Å². The second kappa shape index (κ2) is 8.93. The molecule has 2 aromatic heterocycles. The van der Waals surface area contributed by atoms with Crippen LogP contribution in [-0.4, -0.2) is 57.6 Å². The number of carbonyl (C=O) groups is 1. The Morgan fingerprint density at radius 2 is 1.75 bits per heavy atom. The number of rotatable bonds is 3. The fourth-order valence-electron chi connectivity index (χ4n) is 2.73. The molecule has 0 aliphatic carbocycles. The third-order valence-electron chi connectivity index (χ3n) is 3.94. The summed E-state index contributed by atoms with van der Waals surface area (Å²) in [5.74, 6) is 0.830. The van der Waals surface area contributed by atoms with E-state index in [0.717, 1.165) is 38.5 Å². The summed E-state index contributed by atoms with van der Waals surface area (Å²) >= 11 is 0. The van der Waals surface area contributed by atoms with Gasteiger partial charge in [-0.25, -0.2) is 9.97 Å². The lowest BCUT2D eigenvalue weighted by atomic mass is 10.2. The van der Waals surface area contributed by atoms with Crippen molar-refractivity contribution in [1.29, 1.82) is 0 Å². The van der Waals surface area contributed by atoms with Crippen LogP contribution in [0.15, 0.2) is 30.9 Å². The molecule has 7 heteroatoms. The molecule has 2 aromatic rings. The van der Waals surface area contributed by atoms with Crippen LogP contribution in [0.1, 0.15) is 17.0 Å². The number of piperazine rings is 1. The highest BCUT2D eigenvalue weighted by Gasteiger charge is 2.18. The molecule has 0 radical (unpaired) electrons. The lowest BCUT2D eigenvalue weighted by Crippen LogP contribution is -2.46. The lowest BCUT2D eigenvalue weighted by Gasteiger charge is -2.36. The molecule has 3 rings (SSSR count). The van der Waals surface area contributed by atoms with Gasteiger partial charge < -0.3 is 10.0 Å². The topological polar surface area (TPSA) is 82.5 Å². The fraction of sp³-hybridized carbons (Fsp3) is 0.412. The van der Waals surface area contributed by atoms with Gasteiger partial charge in [0.15, 0.2) is 0 Å². The van der Waals surface area contributed by atoms with E-state index in [9.17, 15) is 0 Å². The minimum absolute atomic E-state index is 0.250. The van der Waals surface area contributed by atoms with Crippen molar-refractivity contribution in [3.63, 3.8) is 0 Å². The van der Waals surface area contributed by atoms with Gasteiger partial charge in [-0.1, -0.05) is 0 Å². The summed E-state index contributed by atoms with van der Waals surface area (Å²) in [6, 6.07) is 2.11. The Morgan fingerprint density at radius 3 is 2.33 bits per heavy atom. The average molecular weight is 329 g/mol. The monoisotopic (exact) mass is 329 g/mol. The maximum Gasteiger partial charge on any atom is 0.290 e. The second-order valence-corrected chi connectivity index (χ2v) is 5.67. The highest BCUT2D eigenvalue weighted by Crippen LogP contribution is 2.20. The van der Waals surface area contributed by atoms with Gasteiger partial charge in [0.05, 0.1) is 0 Å². The number of aryl methyl sites for hydroxylation is 2. The smallest absolute Gasteiger partial charge is 0.290 e. The van der Waals surface area contributed by atoms with Crippen LogP contribution in [-0.2, 0) is 11.3 Å². The Labute approximate surface area is 142 Å². The SMILES string of the molecule is Cc1ncc(CN2CCN(c3ccncc3C)CC2)cn1.O=CO. The second-order valence-electron chi connectivity index (χ2n) is 5.67. The molecule has 3 heterocycles. The number of pyridine rings is 1. The van der Waals surface area contributed by atoms with E-state index in [-0.39, 0.29) is 6.47 Å². The summed E-state index contributed by atoms with van der Waals surface area (Å²) in [4.78, 5) is 26.0. The zero-order chi connectivity index (χ0) is 17.4. The zero-order valence-corrected chi connectivity index (χ0v) is 14.1. The predicted octanol–water partition coefficient (Wildman–Crippen LogP) is 1.51. The summed E-state index contributed by atoms with van der Waals surface area (Å²) in [5, 5.41) is 6.89. The van der Waals surface area contributed by atoms with Crippen LogP contribution in [0.5, 0.6) is 0 Å². The highest BCUT2D eigenvalue weighted by atomic mass is 16.3. The number of anilines is 1. The van der Waals surface area contributed by atoms with Crippen molar-refractivity contribution in [1.82, 2.24) is 19.9 Å². The third-order valence-corrected chi connectivity index (χ3v) is 3.94. The largest absolute Gasteiger partial charge is 0.483 e. The van der Waals surface area contributed by atoms with Gasteiger partial charge in [0.1, 0.15) is 5.82 Å². The normalized spacial score (nSPS) is 14.7. The van der Waals surface area contributed by atoms with Gasteiger partial charge in [-0.05, 0) is 25.5 Å². The van der Waals surface area contributed by atoms with Crippen molar-refractivity contribution in [2.45, 2.75) is 20.4 Å². The van der Waals surface area contributed by atoms with Crippen LogP contribution in [0.4, 0.5) is 5.69 Å². The Morgan fingerprint density at radius 1 is 1.12 bits per heavy atom. The molecule has 1 aliphatic rings. The molecule has 0 spiro atoms. The van der Waals surface area contributed by atoms with E-state index in [1.807, 2.05) is 31.7 Å². The van der Waals surface area contributed by atoms with Crippen LogP contribution in [0.3, 0.4) is 0 Å². The summed E-state index contributed by atoms with van der Waals surface area (Å²) in [7, 11) is 0. The van der Waals surface area contributed by atoms with Crippen LogP contribution in [0, 0.1) is 13.8 Å². The fourth-order valence-corrected chi connectivity index (χ4v) is 2.73. The lowest BCUT2D eigenvalue weighted by molar-refractivity contribution is -0.122. The molecule has 0 amide bonds. The Balaban J connectivity index is 0.000000647. The van der Waals surface area contributed by atoms with Crippen LogP contribution < -0.4 is 4.90 Å². The van der Waals surface area contributed by atoms with Gasteiger partial charge in [-0.2, -0.15) is 0 Å². The maximum atomic E-state index is 8.36. The van der Waals surface area contributed by atoms with Gasteiger partial charge in [-0.15, -0.1) is 0 Å². The summed E-state index contributed by atoms with van der Waals surface area (Å²) in [6.07, 6.45) is 7.67. The molecule has 24 heavy (non-hydrogen) atoms.